The molecule has 0 saturated heterocycles. The highest BCUT2D eigenvalue weighted by Crippen LogP contribution is 2.40. The molecule has 0 amide bonds. The number of ether oxygens (including phenoxy) is 2. The van der Waals surface area contributed by atoms with Gasteiger partial charge in [-0.1, -0.05) is 18.5 Å². The van der Waals surface area contributed by atoms with Crippen molar-refractivity contribution in [3.8, 4) is 11.5 Å². The minimum absolute atomic E-state index is 0.0755. The number of carbonyl (C=O) groups excluding carboxylic acids is 1. The van der Waals surface area contributed by atoms with Gasteiger partial charge in [0.1, 0.15) is 22.3 Å². The zero-order valence-corrected chi connectivity index (χ0v) is 11.4. The molecule has 0 bridgehead atoms. The van der Waals surface area contributed by atoms with Crippen molar-refractivity contribution >= 4 is 17.4 Å². The fourth-order valence-corrected chi connectivity index (χ4v) is 2.23. The lowest BCUT2D eigenvalue weighted by molar-refractivity contribution is -0.116. The van der Waals surface area contributed by atoms with Crippen LogP contribution in [0.25, 0.3) is 0 Å². The quantitative estimate of drug-likeness (QED) is 0.812. The Balaban J connectivity index is 3.39. The van der Waals surface area contributed by atoms with E-state index < -0.39 is 0 Å². The van der Waals surface area contributed by atoms with Crippen LogP contribution in [0.3, 0.4) is 0 Å². The summed E-state index contributed by atoms with van der Waals surface area (Å²) in [5.74, 6) is 1.22. The molecule has 94 valence electrons. The molecule has 1 rings (SSSR count). The molecule has 1 aromatic carbocycles. The van der Waals surface area contributed by atoms with Crippen molar-refractivity contribution in [3.05, 3.63) is 22.2 Å². The van der Waals surface area contributed by atoms with E-state index in [1.165, 1.54) is 7.11 Å². The van der Waals surface area contributed by atoms with E-state index >= 15 is 0 Å². The smallest absolute Gasteiger partial charge is 0.144 e. The first-order chi connectivity index (χ1) is 8.04. The van der Waals surface area contributed by atoms with Crippen LogP contribution in [0, 0.1) is 0 Å². The molecule has 0 unspecified atom stereocenters. The molecular formula is C13H17ClO3. The van der Waals surface area contributed by atoms with Crippen LogP contribution in [0.4, 0.5) is 0 Å². The first-order valence-electron chi connectivity index (χ1n) is 5.46. The summed E-state index contributed by atoms with van der Waals surface area (Å²) in [7, 11) is 3.11. The summed E-state index contributed by atoms with van der Waals surface area (Å²) < 4.78 is 10.5. The van der Waals surface area contributed by atoms with Crippen molar-refractivity contribution in [2.24, 2.45) is 0 Å². The van der Waals surface area contributed by atoms with Gasteiger partial charge in [0.15, 0.2) is 0 Å². The number of halogens is 1. The first kappa shape index (κ1) is 13.8. The average molecular weight is 257 g/mol. The summed E-state index contributed by atoms with van der Waals surface area (Å²) in [6, 6.07) is 1.92. The summed E-state index contributed by atoms with van der Waals surface area (Å²) in [5.41, 5.74) is 1.79. The monoisotopic (exact) mass is 256 g/mol. The minimum Gasteiger partial charge on any atom is -0.495 e. The van der Waals surface area contributed by atoms with Crippen LogP contribution < -0.4 is 9.47 Å². The fourth-order valence-electron chi connectivity index (χ4n) is 1.83. The van der Waals surface area contributed by atoms with Crippen LogP contribution in [0.5, 0.6) is 11.5 Å². The molecule has 0 saturated carbocycles. The number of aryl methyl sites for hydroxylation is 1. The SMILES string of the molecule is CCc1cc(CC(C)=O)c(OC)c(Cl)c1OC. The van der Waals surface area contributed by atoms with Gasteiger partial charge in [0.25, 0.3) is 0 Å². The molecule has 0 heterocycles. The second-order valence-corrected chi connectivity index (χ2v) is 4.19. The molecule has 0 aliphatic heterocycles. The number of hydrogen-bond acceptors (Lipinski definition) is 3. The van der Waals surface area contributed by atoms with E-state index in [2.05, 4.69) is 0 Å². The molecular weight excluding hydrogens is 240 g/mol. The Morgan fingerprint density at radius 3 is 2.18 bits per heavy atom. The number of ketones is 1. The van der Waals surface area contributed by atoms with Gasteiger partial charge < -0.3 is 9.47 Å². The van der Waals surface area contributed by atoms with Gasteiger partial charge >= 0.3 is 0 Å². The maximum atomic E-state index is 11.2. The molecule has 0 radical (unpaired) electrons. The largest absolute Gasteiger partial charge is 0.495 e. The van der Waals surface area contributed by atoms with Gasteiger partial charge in [-0.05, 0) is 25.0 Å². The van der Waals surface area contributed by atoms with Crippen LogP contribution >= 0.6 is 11.6 Å². The lowest BCUT2D eigenvalue weighted by Crippen LogP contribution is -2.03. The van der Waals surface area contributed by atoms with Gasteiger partial charge in [0.2, 0.25) is 0 Å². The van der Waals surface area contributed by atoms with E-state index in [-0.39, 0.29) is 5.78 Å². The molecule has 1 aromatic rings. The van der Waals surface area contributed by atoms with Crippen molar-refractivity contribution in [3.63, 3.8) is 0 Å². The molecule has 17 heavy (non-hydrogen) atoms. The van der Waals surface area contributed by atoms with E-state index in [4.69, 9.17) is 21.1 Å². The number of methoxy groups -OCH3 is 2. The van der Waals surface area contributed by atoms with Crippen LogP contribution in [0.15, 0.2) is 6.07 Å². The van der Waals surface area contributed by atoms with Crippen molar-refractivity contribution in [1.29, 1.82) is 0 Å². The van der Waals surface area contributed by atoms with Crippen LogP contribution in [0.1, 0.15) is 25.0 Å². The maximum absolute atomic E-state index is 11.2. The van der Waals surface area contributed by atoms with Crippen molar-refractivity contribution in [2.45, 2.75) is 26.7 Å². The van der Waals surface area contributed by atoms with Crippen LogP contribution in [0.2, 0.25) is 5.02 Å². The summed E-state index contributed by atoms with van der Waals surface area (Å²) >= 11 is 6.22. The van der Waals surface area contributed by atoms with Crippen molar-refractivity contribution in [2.75, 3.05) is 14.2 Å². The first-order valence-corrected chi connectivity index (χ1v) is 5.84. The number of benzene rings is 1. The topological polar surface area (TPSA) is 35.5 Å². The third kappa shape index (κ3) is 2.91. The molecule has 0 aromatic heterocycles. The third-order valence-electron chi connectivity index (χ3n) is 2.56. The highest BCUT2D eigenvalue weighted by Gasteiger charge is 2.18. The zero-order valence-electron chi connectivity index (χ0n) is 10.6. The van der Waals surface area contributed by atoms with E-state index in [9.17, 15) is 4.79 Å². The lowest BCUT2D eigenvalue weighted by atomic mass is 10.0. The van der Waals surface area contributed by atoms with E-state index in [0.717, 1.165) is 17.5 Å². The molecule has 0 spiro atoms. The summed E-state index contributed by atoms with van der Waals surface area (Å²) in [4.78, 5) is 11.2. The van der Waals surface area contributed by atoms with Crippen molar-refractivity contribution in [1.82, 2.24) is 0 Å². The fraction of sp³-hybridized carbons (Fsp3) is 0.462. The Kier molecular flexibility index (Phi) is 4.82. The molecule has 0 N–H and O–H groups in total. The minimum atomic E-state index is 0.0755. The van der Waals surface area contributed by atoms with Crippen LogP contribution in [-0.2, 0) is 17.6 Å². The Labute approximate surface area is 107 Å². The normalized spacial score (nSPS) is 10.2. The lowest BCUT2D eigenvalue weighted by Gasteiger charge is -2.16. The molecule has 0 aliphatic rings. The summed E-state index contributed by atoms with van der Waals surface area (Å²) in [5, 5.41) is 0.436. The Morgan fingerprint density at radius 1 is 1.24 bits per heavy atom. The standard InChI is InChI=1S/C13H17ClO3/c1-5-9-7-10(6-8(2)15)13(17-4)11(14)12(9)16-3/h7H,5-6H2,1-4H3. The highest BCUT2D eigenvalue weighted by atomic mass is 35.5. The molecule has 0 atom stereocenters. The molecule has 0 aliphatic carbocycles. The van der Waals surface area contributed by atoms with E-state index in [1.54, 1.807) is 14.0 Å². The van der Waals surface area contributed by atoms with Gasteiger partial charge in [0.05, 0.1) is 14.2 Å². The Hall–Kier alpha value is -1.22. The van der Waals surface area contributed by atoms with Gasteiger partial charge in [-0.15, -0.1) is 0 Å². The highest BCUT2D eigenvalue weighted by molar-refractivity contribution is 6.33. The van der Waals surface area contributed by atoms with Gasteiger partial charge in [-0.3, -0.25) is 4.79 Å². The number of Topliss-reactive ketones (excluding diaryl/α,β-unsaturated/α-hetero) is 1. The zero-order chi connectivity index (χ0) is 13.0. The predicted octanol–water partition coefficient (Wildman–Crippen LogP) is 3.05. The number of rotatable bonds is 5. The average Bonchev–Trinajstić information content (AvgIpc) is 2.28. The van der Waals surface area contributed by atoms with Crippen molar-refractivity contribution < 1.29 is 14.3 Å². The Bertz CT molecular complexity index is 427. The second-order valence-electron chi connectivity index (χ2n) is 3.81. The van der Waals surface area contributed by atoms with Gasteiger partial charge in [0, 0.05) is 12.0 Å². The summed E-state index contributed by atoms with van der Waals surface area (Å²) in [6.45, 7) is 3.56. The van der Waals surface area contributed by atoms with Gasteiger partial charge in [-0.25, -0.2) is 0 Å². The number of hydrogen-bond donors (Lipinski definition) is 0. The predicted molar refractivity (Wildman–Crippen MR) is 68.3 cm³/mol. The Morgan fingerprint density at radius 2 is 1.76 bits per heavy atom. The molecule has 3 nitrogen and oxygen atoms in total. The van der Waals surface area contributed by atoms with E-state index in [1.807, 2.05) is 13.0 Å². The number of carbonyl (C=O) groups is 1. The van der Waals surface area contributed by atoms with Gasteiger partial charge in [-0.2, -0.15) is 0 Å². The second kappa shape index (κ2) is 5.92. The summed E-state index contributed by atoms with van der Waals surface area (Å²) in [6.07, 6.45) is 1.11. The van der Waals surface area contributed by atoms with Crippen LogP contribution in [-0.4, -0.2) is 20.0 Å². The van der Waals surface area contributed by atoms with E-state index in [0.29, 0.717) is 22.9 Å². The molecule has 0 fully saturated rings. The molecule has 4 heteroatoms. The maximum Gasteiger partial charge on any atom is 0.144 e. The third-order valence-corrected chi connectivity index (χ3v) is 2.90.